The molecule has 1 amide bonds. The Balaban J connectivity index is 2.44. The summed E-state index contributed by atoms with van der Waals surface area (Å²) in [6.07, 6.45) is 3.67. The summed E-state index contributed by atoms with van der Waals surface area (Å²) < 4.78 is 4.91. The molecule has 1 aromatic heterocycles. The number of aromatic nitrogens is 2. The zero-order chi connectivity index (χ0) is 12.0. The maximum Gasteiger partial charge on any atom is 0.290 e. The summed E-state index contributed by atoms with van der Waals surface area (Å²) in [6, 6.07) is 0. The van der Waals surface area contributed by atoms with E-state index < -0.39 is 5.91 Å². The fourth-order valence-electron chi connectivity index (χ4n) is 1.57. The molecule has 1 heterocycles. The van der Waals surface area contributed by atoms with Gasteiger partial charge in [-0.25, -0.2) is 0 Å². The molecule has 4 N–H and O–H groups in total. The molecule has 1 unspecified atom stereocenters. The highest BCUT2D eigenvalue weighted by Crippen LogP contribution is 2.15. The van der Waals surface area contributed by atoms with Crippen molar-refractivity contribution in [3.8, 4) is 0 Å². The summed E-state index contributed by atoms with van der Waals surface area (Å²) in [5, 5.41) is 3.48. The van der Waals surface area contributed by atoms with Gasteiger partial charge in [0, 0.05) is 6.42 Å². The molecule has 0 aliphatic carbocycles. The molecular formula is C10H18N4O2. The van der Waals surface area contributed by atoms with E-state index >= 15 is 0 Å². The molecule has 1 aromatic rings. The van der Waals surface area contributed by atoms with Crippen LogP contribution in [0, 0.1) is 5.92 Å². The van der Waals surface area contributed by atoms with E-state index in [4.69, 9.17) is 16.0 Å². The van der Waals surface area contributed by atoms with E-state index in [1.165, 1.54) is 0 Å². The largest absolute Gasteiger partial charge is 0.363 e. The number of carbonyl (C=O) groups is 1. The number of hydrogen-bond acceptors (Lipinski definition) is 5. The van der Waals surface area contributed by atoms with Crippen molar-refractivity contribution in [3.63, 3.8) is 0 Å². The van der Waals surface area contributed by atoms with Gasteiger partial charge in [0.05, 0.1) is 0 Å². The van der Waals surface area contributed by atoms with E-state index in [9.17, 15) is 4.79 Å². The first-order valence-electron chi connectivity index (χ1n) is 5.49. The van der Waals surface area contributed by atoms with Crippen LogP contribution in [0.15, 0.2) is 4.52 Å². The summed E-state index contributed by atoms with van der Waals surface area (Å²) in [5.41, 5.74) is 10.5. The van der Waals surface area contributed by atoms with Crippen LogP contribution in [0.4, 0.5) is 0 Å². The first-order chi connectivity index (χ1) is 7.67. The van der Waals surface area contributed by atoms with Crippen molar-refractivity contribution >= 4 is 5.91 Å². The molecule has 0 saturated heterocycles. The Morgan fingerprint density at radius 2 is 2.25 bits per heavy atom. The molecule has 6 nitrogen and oxygen atoms in total. The standard InChI is InChI=1S/C10H18N4O2/c1-2-7(5-6-11)3-4-8-13-10(9(12)15)14-16-8/h7H,2-6,11H2,1H3,(H2,12,15). The van der Waals surface area contributed by atoms with Crippen LogP contribution in [-0.2, 0) is 6.42 Å². The molecule has 0 aromatic carbocycles. The number of aryl methyl sites for hydroxylation is 1. The van der Waals surface area contributed by atoms with Crippen LogP contribution in [0.25, 0.3) is 0 Å². The van der Waals surface area contributed by atoms with Crippen LogP contribution in [-0.4, -0.2) is 22.6 Å². The Bertz CT molecular complexity index is 337. The van der Waals surface area contributed by atoms with Crippen molar-refractivity contribution in [1.82, 2.24) is 10.1 Å². The summed E-state index contributed by atoms with van der Waals surface area (Å²) in [5.74, 6) is 0.309. The minimum absolute atomic E-state index is 0.0538. The molecule has 90 valence electrons. The molecule has 0 fully saturated rings. The smallest absolute Gasteiger partial charge is 0.290 e. The Morgan fingerprint density at radius 3 is 2.75 bits per heavy atom. The van der Waals surface area contributed by atoms with E-state index in [1.54, 1.807) is 0 Å². The molecule has 0 bridgehead atoms. The van der Waals surface area contributed by atoms with Gasteiger partial charge in [0.2, 0.25) is 5.89 Å². The average Bonchev–Trinajstić information content (AvgIpc) is 2.73. The van der Waals surface area contributed by atoms with Crippen molar-refractivity contribution in [1.29, 1.82) is 0 Å². The van der Waals surface area contributed by atoms with Gasteiger partial charge in [-0.15, -0.1) is 0 Å². The van der Waals surface area contributed by atoms with Crippen LogP contribution in [0.1, 0.15) is 42.7 Å². The zero-order valence-electron chi connectivity index (χ0n) is 9.48. The van der Waals surface area contributed by atoms with Gasteiger partial charge in [0.15, 0.2) is 0 Å². The van der Waals surface area contributed by atoms with E-state index in [0.717, 1.165) is 19.3 Å². The molecular weight excluding hydrogens is 208 g/mol. The van der Waals surface area contributed by atoms with Crippen molar-refractivity contribution < 1.29 is 9.32 Å². The second kappa shape index (κ2) is 6.22. The summed E-state index contributed by atoms with van der Waals surface area (Å²) in [7, 11) is 0. The van der Waals surface area contributed by atoms with Gasteiger partial charge in [-0.2, -0.15) is 4.98 Å². The SMILES string of the molecule is CCC(CCN)CCc1nc(C(N)=O)no1. The predicted molar refractivity (Wildman–Crippen MR) is 58.6 cm³/mol. The summed E-state index contributed by atoms with van der Waals surface area (Å²) in [6.45, 7) is 2.82. The lowest BCUT2D eigenvalue weighted by Crippen LogP contribution is -2.13. The van der Waals surface area contributed by atoms with E-state index in [1.807, 2.05) is 0 Å². The lowest BCUT2D eigenvalue weighted by atomic mass is 9.97. The van der Waals surface area contributed by atoms with Gasteiger partial charge in [0.1, 0.15) is 0 Å². The number of nitrogens with zero attached hydrogens (tertiary/aromatic N) is 2. The maximum atomic E-state index is 10.7. The van der Waals surface area contributed by atoms with Crippen LogP contribution >= 0.6 is 0 Å². The molecule has 16 heavy (non-hydrogen) atoms. The quantitative estimate of drug-likeness (QED) is 0.702. The number of nitrogens with two attached hydrogens (primary N) is 2. The van der Waals surface area contributed by atoms with Crippen LogP contribution in [0.2, 0.25) is 0 Å². The fourth-order valence-corrected chi connectivity index (χ4v) is 1.57. The third-order valence-corrected chi connectivity index (χ3v) is 2.61. The number of amides is 1. The van der Waals surface area contributed by atoms with Gasteiger partial charge < -0.3 is 16.0 Å². The second-order valence-corrected chi connectivity index (χ2v) is 3.77. The molecule has 0 aliphatic rings. The number of carbonyl (C=O) groups excluding carboxylic acids is 1. The van der Waals surface area contributed by atoms with Crippen molar-refractivity contribution in [2.45, 2.75) is 32.6 Å². The maximum absolute atomic E-state index is 10.7. The first kappa shape index (κ1) is 12.6. The second-order valence-electron chi connectivity index (χ2n) is 3.77. The van der Waals surface area contributed by atoms with E-state index in [-0.39, 0.29) is 5.82 Å². The molecule has 0 radical (unpaired) electrons. The molecule has 0 saturated carbocycles. The van der Waals surface area contributed by atoms with Gasteiger partial charge in [0.25, 0.3) is 11.7 Å². The van der Waals surface area contributed by atoms with Crippen molar-refractivity contribution in [3.05, 3.63) is 11.7 Å². The minimum Gasteiger partial charge on any atom is -0.363 e. The van der Waals surface area contributed by atoms with Crippen molar-refractivity contribution in [2.24, 2.45) is 17.4 Å². The van der Waals surface area contributed by atoms with E-state index in [2.05, 4.69) is 17.1 Å². The highest BCUT2D eigenvalue weighted by molar-refractivity contribution is 5.88. The van der Waals surface area contributed by atoms with Gasteiger partial charge >= 0.3 is 0 Å². The Hall–Kier alpha value is -1.43. The van der Waals surface area contributed by atoms with Gasteiger partial charge in [-0.3, -0.25) is 4.79 Å². The third kappa shape index (κ3) is 3.62. The van der Waals surface area contributed by atoms with Crippen molar-refractivity contribution in [2.75, 3.05) is 6.54 Å². The zero-order valence-corrected chi connectivity index (χ0v) is 9.48. The predicted octanol–water partition coefficient (Wildman–Crippen LogP) is 0.476. The third-order valence-electron chi connectivity index (χ3n) is 2.61. The number of primary amides is 1. The Labute approximate surface area is 94.4 Å². The normalized spacial score (nSPS) is 12.6. The highest BCUT2D eigenvalue weighted by Gasteiger charge is 2.12. The number of hydrogen-bond donors (Lipinski definition) is 2. The van der Waals surface area contributed by atoms with Crippen LogP contribution < -0.4 is 11.5 Å². The topological polar surface area (TPSA) is 108 Å². The first-order valence-corrected chi connectivity index (χ1v) is 5.49. The molecule has 1 rings (SSSR count). The minimum atomic E-state index is -0.663. The lowest BCUT2D eigenvalue weighted by Gasteiger charge is -2.11. The average molecular weight is 226 g/mol. The van der Waals surface area contributed by atoms with Gasteiger partial charge in [-0.05, 0) is 25.3 Å². The summed E-state index contributed by atoms with van der Waals surface area (Å²) in [4.78, 5) is 14.6. The Kier molecular flexibility index (Phi) is 4.91. The highest BCUT2D eigenvalue weighted by atomic mass is 16.5. The lowest BCUT2D eigenvalue weighted by molar-refractivity contribution is 0.0987. The Morgan fingerprint density at radius 1 is 1.50 bits per heavy atom. The van der Waals surface area contributed by atoms with Crippen LogP contribution in [0.5, 0.6) is 0 Å². The summed E-state index contributed by atoms with van der Waals surface area (Å²) >= 11 is 0. The van der Waals surface area contributed by atoms with Crippen LogP contribution in [0.3, 0.4) is 0 Å². The molecule has 1 atom stereocenters. The monoisotopic (exact) mass is 226 g/mol. The molecule has 6 heteroatoms. The van der Waals surface area contributed by atoms with E-state index in [0.29, 0.717) is 24.8 Å². The molecule has 0 aliphatic heterocycles. The fraction of sp³-hybridized carbons (Fsp3) is 0.700. The van der Waals surface area contributed by atoms with Gasteiger partial charge in [-0.1, -0.05) is 18.5 Å². The number of rotatable bonds is 7. The molecule has 0 spiro atoms.